The molecule has 362 valence electrons. The molecule has 71 heavy (non-hydrogen) atoms. The van der Waals surface area contributed by atoms with Gasteiger partial charge in [-0.05, 0) is 114 Å². The van der Waals surface area contributed by atoms with Crippen LogP contribution in [0.15, 0.2) is 108 Å². The van der Waals surface area contributed by atoms with E-state index in [4.69, 9.17) is 18.8 Å². The first-order valence-corrected chi connectivity index (χ1v) is 26.1. The lowest BCUT2D eigenvalue weighted by atomic mass is 9.92. The van der Waals surface area contributed by atoms with E-state index in [0.717, 1.165) is 91.0 Å². The molecule has 12 heteroatoms. The maximum absolute atomic E-state index is 5.70. The zero-order valence-corrected chi connectivity index (χ0v) is 44.8. The number of aromatic nitrogens is 4. The van der Waals surface area contributed by atoms with Crippen LogP contribution in [-0.4, -0.2) is 42.8 Å². The summed E-state index contributed by atoms with van der Waals surface area (Å²) in [5.74, 6) is 3.78. The maximum atomic E-state index is 5.70. The Morgan fingerprint density at radius 2 is 0.873 bits per heavy atom. The first-order chi connectivity index (χ1) is 34.0. The molecular weight excluding hydrogens is 917 g/mol. The van der Waals surface area contributed by atoms with Gasteiger partial charge in [0.15, 0.2) is 0 Å². The van der Waals surface area contributed by atoms with Crippen molar-refractivity contribution in [1.29, 1.82) is 0 Å². The van der Waals surface area contributed by atoms with Crippen molar-refractivity contribution in [1.82, 2.24) is 19.9 Å². The van der Waals surface area contributed by atoms with Crippen LogP contribution in [-0.2, 0) is 25.7 Å². The van der Waals surface area contributed by atoms with Gasteiger partial charge < -0.3 is 8.83 Å². The van der Waals surface area contributed by atoms with Crippen LogP contribution in [0.25, 0.3) is 44.1 Å². The number of benzene rings is 4. The highest BCUT2D eigenvalue weighted by Gasteiger charge is 2.24. The van der Waals surface area contributed by atoms with Crippen LogP contribution in [0.2, 0.25) is 0 Å². The Labute approximate surface area is 426 Å². The van der Waals surface area contributed by atoms with Gasteiger partial charge in [0, 0.05) is 70.8 Å². The average molecular weight is 979 g/mol. The van der Waals surface area contributed by atoms with Crippen molar-refractivity contribution in [2.24, 2.45) is 20.0 Å². The molecule has 0 amide bonds. The second-order valence-electron chi connectivity index (χ2n) is 19.8. The number of fused-ring (bicyclic) bond motifs is 4. The normalized spacial score (nSPS) is 13.8. The number of aliphatic imine (C=N–C) groups is 4. The Bertz CT molecular complexity index is 3330. The Hall–Kier alpha value is -6.76. The van der Waals surface area contributed by atoms with Crippen LogP contribution in [0.5, 0.6) is 0 Å². The molecule has 0 saturated heterocycles. The molecule has 4 aromatic heterocycles. The van der Waals surface area contributed by atoms with Gasteiger partial charge in [-0.2, -0.15) is 0 Å². The first-order valence-electron chi connectivity index (χ1n) is 24.5. The van der Waals surface area contributed by atoms with Crippen molar-refractivity contribution in [3.63, 3.8) is 0 Å². The van der Waals surface area contributed by atoms with Crippen LogP contribution in [0.3, 0.4) is 0 Å². The molecule has 0 bridgehead atoms. The third kappa shape index (κ3) is 10.9. The molecule has 0 aliphatic carbocycles. The number of rotatable bonds is 6. The third-order valence-corrected chi connectivity index (χ3v) is 14.8. The van der Waals surface area contributed by atoms with Crippen molar-refractivity contribution < 1.29 is 8.83 Å². The second kappa shape index (κ2) is 20.5. The van der Waals surface area contributed by atoms with E-state index in [9.17, 15) is 0 Å². The van der Waals surface area contributed by atoms with E-state index in [1.807, 2.05) is 32.0 Å². The van der Waals surface area contributed by atoms with Crippen molar-refractivity contribution in [2.75, 3.05) is 0 Å². The summed E-state index contributed by atoms with van der Waals surface area (Å²) in [5.41, 5.74) is 22.3. The minimum atomic E-state index is 0.502. The molecule has 8 aromatic rings. The fourth-order valence-electron chi connectivity index (χ4n) is 9.00. The van der Waals surface area contributed by atoms with E-state index in [0.29, 0.717) is 35.4 Å². The lowest BCUT2D eigenvalue weighted by Gasteiger charge is -2.15. The fraction of sp³-hybridized carbons (Fsp3) is 0.322. The quantitative estimate of drug-likeness (QED) is 0.163. The van der Waals surface area contributed by atoms with E-state index in [-0.39, 0.29) is 0 Å². The summed E-state index contributed by atoms with van der Waals surface area (Å²) in [6.07, 6.45) is 3.44. The summed E-state index contributed by atoms with van der Waals surface area (Å²) < 4.78 is 11.4. The number of thiazole rings is 2. The minimum absolute atomic E-state index is 0.502. The Kier molecular flexibility index (Phi) is 14.2. The van der Waals surface area contributed by atoms with Crippen molar-refractivity contribution >= 4 is 67.3 Å². The Balaban J connectivity index is 0.000000118. The molecule has 4 aliphatic rings. The summed E-state index contributed by atoms with van der Waals surface area (Å²) in [7, 11) is 0. The molecule has 0 unspecified atom stereocenters. The average Bonchev–Trinajstić information content (AvgIpc) is 4.19. The van der Waals surface area contributed by atoms with Crippen LogP contribution < -0.4 is 0 Å². The molecule has 12 rings (SSSR count). The summed E-state index contributed by atoms with van der Waals surface area (Å²) in [4.78, 5) is 36.3. The van der Waals surface area contributed by atoms with Crippen LogP contribution >= 0.6 is 22.7 Å². The van der Waals surface area contributed by atoms with Gasteiger partial charge in [-0.3, -0.25) is 0 Å². The van der Waals surface area contributed by atoms with E-state index in [2.05, 4.69) is 167 Å². The highest BCUT2D eigenvalue weighted by molar-refractivity contribution is 7.19. The molecule has 0 spiro atoms. The van der Waals surface area contributed by atoms with E-state index in [1.54, 1.807) is 22.7 Å². The van der Waals surface area contributed by atoms with Gasteiger partial charge >= 0.3 is 0 Å². The lowest BCUT2D eigenvalue weighted by Crippen LogP contribution is -1.97. The zero-order chi connectivity index (χ0) is 50.2. The standard InChI is InChI=1S/C18H22N2S.C14H14N2O.C14H14N2S.C13H12N2O/c1-10(2)13-6-7-14(15(9-13)11(3)4)17-20-16-8-12(5)19-18(16)21-17;2*1-8-4-5-11(9(2)6-8)13-16-12-7-10(3)15-14(12)17-13;1-8-5-3-4-6-10(8)12-15-11-7-9(2)14-13(11)16-12/h6-7,9-11H,8H2,1-5H3;2*4-6H,7H2,1-3H3;3-6H,7H2,1-2H3. The summed E-state index contributed by atoms with van der Waals surface area (Å²) in [5, 5.41) is 4.42. The maximum Gasteiger partial charge on any atom is 0.243 e. The van der Waals surface area contributed by atoms with Gasteiger partial charge in [0.25, 0.3) is 0 Å². The second-order valence-corrected chi connectivity index (χ2v) is 21.7. The van der Waals surface area contributed by atoms with Gasteiger partial charge in [-0.1, -0.05) is 128 Å². The predicted molar refractivity (Wildman–Crippen MR) is 297 cm³/mol. The summed E-state index contributed by atoms with van der Waals surface area (Å²) in [6, 6.07) is 27.7. The monoisotopic (exact) mass is 978 g/mol. The van der Waals surface area contributed by atoms with Crippen molar-refractivity contribution in [3.8, 4) is 44.1 Å². The largest absolute Gasteiger partial charge is 0.418 e. The predicted octanol–water partition coefficient (Wildman–Crippen LogP) is 16.7. The van der Waals surface area contributed by atoms with Gasteiger partial charge in [-0.25, -0.2) is 39.9 Å². The minimum Gasteiger partial charge on any atom is -0.418 e. The highest BCUT2D eigenvalue weighted by Crippen LogP contribution is 2.42. The van der Waals surface area contributed by atoms with Gasteiger partial charge in [-0.15, -0.1) is 0 Å². The van der Waals surface area contributed by atoms with Gasteiger partial charge in [0.05, 0.1) is 11.4 Å². The van der Waals surface area contributed by atoms with Crippen LogP contribution in [0, 0.1) is 34.6 Å². The van der Waals surface area contributed by atoms with Crippen LogP contribution in [0.4, 0.5) is 21.8 Å². The number of aryl methyl sites for hydroxylation is 5. The molecule has 4 aliphatic heterocycles. The molecule has 0 saturated carbocycles. The molecule has 10 nitrogen and oxygen atoms in total. The van der Waals surface area contributed by atoms with Crippen LogP contribution in [0.1, 0.15) is 129 Å². The van der Waals surface area contributed by atoms with E-state index < -0.39 is 0 Å². The summed E-state index contributed by atoms with van der Waals surface area (Å²) >= 11 is 3.43. The van der Waals surface area contributed by atoms with E-state index >= 15 is 0 Å². The Morgan fingerprint density at radius 3 is 1.34 bits per heavy atom. The Morgan fingerprint density at radius 1 is 0.423 bits per heavy atom. The molecule has 0 radical (unpaired) electrons. The number of oxazole rings is 2. The molecule has 8 heterocycles. The number of hydrogen-bond donors (Lipinski definition) is 0. The molecule has 0 atom stereocenters. The van der Waals surface area contributed by atoms with Gasteiger partial charge in [0.1, 0.15) is 31.4 Å². The SMILES string of the molecule is CC1=Nc2oc(-c3ccc(C)cc3C)nc2C1.CC1=Nc2oc(-c3ccccc3C)nc2C1.CC1=Nc2sc(-c3ccc(C(C)C)cc3C(C)C)nc2C1.CC1=Nc2sc(-c3ccc(C)cc3C)nc2C1. The third-order valence-electron chi connectivity index (χ3n) is 12.8. The van der Waals surface area contributed by atoms with E-state index in [1.165, 1.54) is 61.5 Å². The van der Waals surface area contributed by atoms with Crippen molar-refractivity contribution in [3.05, 3.63) is 141 Å². The first kappa shape index (κ1) is 49.2. The topological polar surface area (TPSA) is 127 Å². The molecule has 0 fully saturated rings. The van der Waals surface area contributed by atoms with Gasteiger partial charge in [0.2, 0.25) is 23.5 Å². The number of nitrogens with zero attached hydrogens (tertiary/aromatic N) is 8. The highest BCUT2D eigenvalue weighted by atomic mass is 32.1. The zero-order valence-electron chi connectivity index (χ0n) is 43.2. The molecule has 0 N–H and O–H groups in total. The molecule has 4 aromatic carbocycles. The number of hydrogen-bond acceptors (Lipinski definition) is 12. The lowest BCUT2D eigenvalue weighted by molar-refractivity contribution is 0.584. The fourth-order valence-corrected chi connectivity index (χ4v) is 11.2. The summed E-state index contributed by atoms with van der Waals surface area (Å²) in [6.45, 7) is 27.6. The molecular formula is C59H62N8O2S2. The van der Waals surface area contributed by atoms with Crippen molar-refractivity contribution in [2.45, 2.75) is 128 Å². The smallest absolute Gasteiger partial charge is 0.243 e.